The number of benzene rings is 3. The number of hydrogen-bond acceptors (Lipinski definition) is 4. The highest BCUT2D eigenvalue weighted by atomic mass is 16.3. The molecule has 182 valence electrons. The van der Waals surface area contributed by atoms with E-state index in [1.54, 1.807) is 6.07 Å². The van der Waals surface area contributed by atoms with Crippen molar-refractivity contribution in [1.82, 2.24) is 10.2 Å². The summed E-state index contributed by atoms with van der Waals surface area (Å²) in [6.07, 6.45) is 3.38. The van der Waals surface area contributed by atoms with Gasteiger partial charge >= 0.3 is 0 Å². The summed E-state index contributed by atoms with van der Waals surface area (Å²) >= 11 is 0. The first-order valence-corrected chi connectivity index (χ1v) is 12.8. The summed E-state index contributed by atoms with van der Waals surface area (Å²) in [5, 5.41) is 14.5. The van der Waals surface area contributed by atoms with E-state index < -0.39 is 5.41 Å². The van der Waals surface area contributed by atoms with Crippen molar-refractivity contribution in [2.75, 3.05) is 13.1 Å². The Balaban J connectivity index is 1.47. The van der Waals surface area contributed by atoms with Crippen molar-refractivity contribution in [3.8, 4) is 5.75 Å². The minimum absolute atomic E-state index is 0.270. The van der Waals surface area contributed by atoms with Crippen LogP contribution >= 0.6 is 0 Å². The Bertz CT molecular complexity index is 1100. The van der Waals surface area contributed by atoms with Gasteiger partial charge in [0.2, 0.25) is 0 Å². The summed E-state index contributed by atoms with van der Waals surface area (Å²) in [7, 11) is 0. The van der Waals surface area contributed by atoms with Gasteiger partial charge in [0.1, 0.15) is 12.0 Å². The van der Waals surface area contributed by atoms with Gasteiger partial charge in [-0.05, 0) is 74.5 Å². The van der Waals surface area contributed by atoms with E-state index in [-0.39, 0.29) is 11.7 Å². The Hall–Kier alpha value is -2.95. The molecule has 3 aliphatic rings. The number of nitrogens with one attached hydrogen (secondary N) is 1. The predicted octanol–water partition coefficient (Wildman–Crippen LogP) is 5.25. The molecule has 0 amide bonds. The molecule has 0 aliphatic carbocycles. The molecule has 3 fully saturated rings. The molecule has 0 spiro atoms. The number of carbonyl (C=O) groups excluding carboxylic acids is 1. The summed E-state index contributed by atoms with van der Waals surface area (Å²) in [6.45, 7) is 6.68. The van der Waals surface area contributed by atoms with Gasteiger partial charge in [0.05, 0.1) is 0 Å². The van der Waals surface area contributed by atoms with Crippen molar-refractivity contribution in [2.24, 2.45) is 5.92 Å². The van der Waals surface area contributed by atoms with Crippen LogP contribution in [0, 0.1) is 5.92 Å². The second-order valence-electron chi connectivity index (χ2n) is 10.8. The molecule has 3 saturated heterocycles. The van der Waals surface area contributed by atoms with E-state index >= 15 is 0 Å². The van der Waals surface area contributed by atoms with Crippen molar-refractivity contribution in [3.05, 3.63) is 101 Å². The number of phenols is 1. The van der Waals surface area contributed by atoms with Gasteiger partial charge in [-0.2, -0.15) is 0 Å². The minimum atomic E-state index is -0.577. The predicted molar refractivity (Wildman–Crippen MR) is 141 cm³/mol. The summed E-state index contributed by atoms with van der Waals surface area (Å²) in [5.41, 5.74) is 3.90. The van der Waals surface area contributed by atoms with E-state index in [0.717, 1.165) is 30.5 Å². The zero-order valence-corrected chi connectivity index (χ0v) is 20.7. The average molecular weight is 469 g/mol. The molecule has 2 N–H and O–H groups in total. The molecule has 3 aromatic carbocycles. The van der Waals surface area contributed by atoms with Crippen molar-refractivity contribution in [1.29, 1.82) is 0 Å². The maximum atomic E-state index is 11.6. The van der Waals surface area contributed by atoms with Crippen LogP contribution in [0.4, 0.5) is 0 Å². The van der Waals surface area contributed by atoms with E-state index in [4.69, 9.17) is 0 Å². The van der Waals surface area contributed by atoms with Crippen LogP contribution in [-0.4, -0.2) is 41.5 Å². The molecule has 2 bridgehead atoms. The first kappa shape index (κ1) is 23.8. The number of fused-ring (bicyclic) bond motifs is 3. The maximum Gasteiger partial charge on any atom is 0.129 e. The van der Waals surface area contributed by atoms with Crippen LogP contribution in [0.2, 0.25) is 0 Å². The second-order valence-corrected chi connectivity index (χ2v) is 10.8. The highest BCUT2D eigenvalue weighted by Crippen LogP contribution is 2.42. The van der Waals surface area contributed by atoms with Crippen LogP contribution in [0.5, 0.6) is 5.75 Å². The van der Waals surface area contributed by atoms with Crippen molar-refractivity contribution < 1.29 is 9.90 Å². The summed E-state index contributed by atoms with van der Waals surface area (Å²) in [4.78, 5) is 14.3. The van der Waals surface area contributed by atoms with E-state index in [0.29, 0.717) is 24.5 Å². The first-order chi connectivity index (χ1) is 17.0. The molecule has 0 radical (unpaired) electrons. The normalized spacial score (nSPS) is 24.0. The van der Waals surface area contributed by atoms with Crippen molar-refractivity contribution >= 4 is 6.29 Å². The van der Waals surface area contributed by atoms with Crippen LogP contribution in [-0.2, 0) is 16.8 Å². The fourth-order valence-electron chi connectivity index (χ4n) is 6.12. The standard InChI is InChI=1S/C31H36N2O2/c1-31(2,21-34)26-13-14-27(35)25(19-26)20-32-29-24-15-17-33(18-16-24)30(29)28(22-9-5-3-6-10-22)23-11-7-4-8-12-23/h3-14,19,21,24,28-30,32,35H,15-18,20H2,1-2H3/t29-,30-/m0/s1. The van der Waals surface area contributed by atoms with Gasteiger partial charge in [0, 0.05) is 35.5 Å². The number of piperidine rings is 3. The highest BCUT2D eigenvalue weighted by molar-refractivity contribution is 5.67. The molecule has 3 heterocycles. The number of phenolic OH excluding ortho intramolecular Hbond substituents is 1. The molecule has 6 rings (SSSR count). The molecular formula is C31H36N2O2. The van der Waals surface area contributed by atoms with Gasteiger partial charge in [-0.1, -0.05) is 66.7 Å². The zero-order chi connectivity index (χ0) is 24.4. The molecule has 4 heteroatoms. The monoisotopic (exact) mass is 468 g/mol. The molecule has 3 aliphatic heterocycles. The Morgan fingerprint density at radius 1 is 0.971 bits per heavy atom. The van der Waals surface area contributed by atoms with E-state index in [1.807, 2.05) is 26.0 Å². The van der Waals surface area contributed by atoms with Crippen LogP contribution < -0.4 is 5.32 Å². The summed E-state index contributed by atoms with van der Waals surface area (Å²) < 4.78 is 0. The lowest BCUT2D eigenvalue weighted by Crippen LogP contribution is -2.64. The minimum Gasteiger partial charge on any atom is -0.508 e. The number of nitrogens with zero attached hydrogens (tertiary/aromatic N) is 1. The van der Waals surface area contributed by atoms with Gasteiger partial charge in [-0.15, -0.1) is 0 Å². The smallest absolute Gasteiger partial charge is 0.129 e. The largest absolute Gasteiger partial charge is 0.508 e. The third-order valence-electron chi connectivity index (χ3n) is 8.18. The van der Waals surface area contributed by atoms with Gasteiger partial charge in [0.25, 0.3) is 0 Å². The fraction of sp³-hybridized carbons (Fsp3) is 0.387. The Labute approximate surface area is 209 Å². The Kier molecular flexibility index (Phi) is 6.77. The number of aldehydes is 1. The lowest BCUT2D eigenvalue weighted by Gasteiger charge is -2.54. The molecule has 2 atom stereocenters. The third kappa shape index (κ3) is 4.78. The van der Waals surface area contributed by atoms with Crippen LogP contribution in [0.3, 0.4) is 0 Å². The number of rotatable bonds is 8. The first-order valence-electron chi connectivity index (χ1n) is 12.8. The molecule has 0 aromatic heterocycles. The van der Waals surface area contributed by atoms with Crippen LogP contribution in [0.25, 0.3) is 0 Å². The topological polar surface area (TPSA) is 52.6 Å². The Morgan fingerprint density at radius 2 is 1.57 bits per heavy atom. The van der Waals surface area contributed by atoms with Crippen molar-refractivity contribution in [3.63, 3.8) is 0 Å². The lowest BCUT2D eigenvalue weighted by atomic mass is 9.70. The molecule has 3 aromatic rings. The zero-order valence-electron chi connectivity index (χ0n) is 20.7. The summed E-state index contributed by atoms with van der Waals surface area (Å²) in [5.74, 6) is 1.16. The van der Waals surface area contributed by atoms with Crippen LogP contribution in [0.1, 0.15) is 54.9 Å². The van der Waals surface area contributed by atoms with Crippen LogP contribution in [0.15, 0.2) is 78.9 Å². The van der Waals surface area contributed by atoms with E-state index in [1.165, 1.54) is 24.0 Å². The molecule has 4 nitrogen and oxygen atoms in total. The average Bonchev–Trinajstić information content (AvgIpc) is 2.90. The van der Waals surface area contributed by atoms with E-state index in [9.17, 15) is 9.90 Å². The fourth-order valence-corrected chi connectivity index (χ4v) is 6.12. The Morgan fingerprint density at radius 3 is 2.14 bits per heavy atom. The van der Waals surface area contributed by atoms with Crippen molar-refractivity contribution in [2.45, 2.75) is 56.7 Å². The summed E-state index contributed by atoms with van der Waals surface area (Å²) in [6, 6.07) is 28.0. The number of carbonyl (C=O) groups is 1. The lowest BCUT2D eigenvalue weighted by molar-refractivity contribution is -0.111. The number of hydrogen-bond donors (Lipinski definition) is 2. The molecular weight excluding hydrogens is 432 g/mol. The molecule has 0 saturated carbocycles. The van der Waals surface area contributed by atoms with Gasteiger partial charge in [-0.25, -0.2) is 0 Å². The van der Waals surface area contributed by atoms with Gasteiger partial charge < -0.3 is 15.2 Å². The molecule has 35 heavy (non-hydrogen) atoms. The van der Waals surface area contributed by atoms with E-state index in [2.05, 4.69) is 70.9 Å². The van der Waals surface area contributed by atoms with Gasteiger partial charge in [0.15, 0.2) is 0 Å². The third-order valence-corrected chi connectivity index (χ3v) is 8.18. The maximum absolute atomic E-state index is 11.6. The van der Waals surface area contributed by atoms with Gasteiger partial charge in [-0.3, -0.25) is 4.90 Å². The SMILES string of the molecule is CC(C)(C=O)c1ccc(O)c(CN[C@H]2C3CCN(CC3)[C@H]2C(c2ccccc2)c2ccccc2)c1. The quantitative estimate of drug-likeness (QED) is 0.443. The second kappa shape index (κ2) is 9.96. The number of aromatic hydroxyl groups is 1. The molecule has 0 unspecified atom stereocenters. The highest BCUT2D eigenvalue weighted by Gasteiger charge is 2.46.